The van der Waals surface area contributed by atoms with Crippen molar-refractivity contribution in [2.75, 3.05) is 45.2 Å². The molecule has 1 N–H and O–H groups in total. The Kier molecular flexibility index (Phi) is 7.70. The van der Waals surface area contributed by atoms with Crippen LogP contribution in [0, 0.1) is 0 Å². The van der Waals surface area contributed by atoms with Gasteiger partial charge in [-0.1, -0.05) is 25.7 Å². The predicted molar refractivity (Wildman–Crippen MR) is 122 cm³/mol. The minimum atomic E-state index is -3.61. The number of carbonyl (C=O) groups is 1. The van der Waals surface area contributed by atoms with Gasteiger partial charge in [-0.15, -0.1) is 0 Å². The number of methoxy groups -OCH3 is 1. The van der Waals surface area contributed by atoms with Crippen LogP contribution in [-0.4, -0.2) is 75.6 Å². The Morgan fingerprint density at radius 2 is 1.84 bits per heavy atom. The normalized spacial score (nSPS) is 25.5. The minimum Gasteiger partial charge on any atom is -0.495 e. The highest BCUT2D eigenvalue weighted by molar-refractivity contribution is 7.89. The number of benzene rings is 1. The van der Waals surface area contributed by atoms with Crippen LogP contribution in [0.4, 0.5) is 5.69 Å². The smallest absolute Gasteiger partial charge is 0.243 e. The van der Waals surface area contributed by atoms with E-state index in [0.717, 1.165) is 51.5 Å². The van der Waals surface area contributed by atoms with Crippen molar-refractivity contribution in [3.63, 3.8) is 0 Å². The number of rotatable bonds is 6. The van der Waals surface area contributed by atoms with Crippen LogP contribution in [0.3, 0.4) is 0 Å². The highest BCUT2D eigenvalue weighted by Crippen LogP contribution is 2.31. The summed E-state index contributed by atoms with van der Waals surface area (Å²) in [5, 5.41) is 2.90. The zero-order valence-corrected chi connectivity index (χ0v) is 19.7. The van der Waals surface area contributed by atoms with E-state index in [9.17, 15) is 13.2 Å². The maximum Gasteiger partial charge on any atom is 0.243 e. The highest BCUT2D eigenvalue weighted by atomic mass is 32.2. The van der Waals surface area contributed by atoms with Crippen LogP contribution in [-0.2, 0) is 19.6 Å². The van der Waals surface area contributed by atoms with Gasteiger partial charge >= 0.3 is 0 Å². The molecule has 2 aliphatic heterocycles. The molecule has 9 heteroatoms. The standard InChI is InChI=1S/C23H35N3O5S/c1-30-21-11-10-18(32(28,29)26-12-6-2-3-7-13-26)16-19(21)24-23(27)17-25-14-15-31-22-9-5-4-8-20(22)25/h10-11,16,20,22H,2-9,12-15,17H2,1H3,(H,24,27). The Labute approximate surface area is 191 Å². The second-order valence-electron chi connectivity index (χ2n) is 8.96. The number of morpholine rings is 1. The molecule has 2 unspecified atom stereocenters. The van der Waals surface area contributed by atoms with Crippen LogP contribution in [0.15, 0.2) is 23.1 Å². The molecular formula is C23H35N3O5S. The van der Waals surface area contributed by atoms with Gasteiger partial charge in [-0.3, -0.25) is 9.69 Å². The molecule has 1 aromatic carbocycles. The number of hydrogen-bond donors (Lipinski definition) is 1. The molecule has 2 atom stereocenters. The van der Waals surface area contributed by atoms with Gasteiger partial charge in [0, 0.05) is 25.7 Å². The van der Waals surface area contributed by atoms with Gasteiger partial charge in [0.1, 0.15) is 5.75 Å². The average molecular weight is 466 g/mol. The van der Waals surface area contributed by atoms with Gasteiger partial charge in [0.15, 0.2) is 0 Å². The van der Waals surface area contributed by atoms with Crippen LogP contribution in [0.2, 0.25) is 0 Å². The molecule has 0 radical (unpaired) electrons. The lowest BCUT2D eigenvalue weighted by atomic mass is 9.90. The van der Waals surface area contributed by atoms with Crippen LogP contribution >= 0.6 is 0 Å². The zero-order valence-electron chi connectivity index (χ0n) is 18.9. The number of fused-ring (bicyclic) bond motifs is 1. The molecule has 1 aliphatic carbocycles. The number of hydrogen-bond acceptors (Lipinski definition) is 6. The first-order chi connectivity index (χ1) is 15.5. The third-order valence-corrected chi connectivity index (χ3v) is 8.74. The number of amides is 1. The molecule has 2 saturated heterocycles. The molecule has 0 spiro atoms. The summed E-state index contributed by atoms with van der Waals surface area (Å²) < 4.78 is 39.3. The fourth-order valence-corrected chi connectivity index (χ4v) is 6.67. The Balaban J connectivity index is 1.48. The van der Waals surface area contributed by atoms with Crippen LogP contribution < -0.4 is 10.1 Å². The van der Waals surface area contributed by atoms with Crippen molar-refractivity contribution < 1.29 is 22.7 Å². The highest BCUT2D eigenvalue weighted by Gasteiger charge is 2.35. The maximum atomic E-state index is 13.2. The van der Waals surface area contributed by atoms with E-state index >= 15 is 0 Å². The van der Waals surface area contributed by atoms with E-state index in [4.69, 9.17) is 9.47 Å². The Morgan fingerprint density at radius 3 is 2.59 bits per heavy atom. The lowest BCUT2D eigenvalue weighted by Crippen LogP contribution is -2.54. The monoisotopic (exact) mass is 465 g/mol. The molecular weight excluding hydrogens is 430 g/mol. The van der Waals surface area contributed by atoms with Gasteiger partial charge in [0.05, 0.1) is 36.9 Å². The average Bonchev–Trinajstić information content (AvgIpc) is 3.09. The Bertz CT molecular complexity index is 897. The van der Waals surface area contributed by atoms with Crippen molar-refractivity contribution in [3.05, 3.63) is 18.2 Å². The number of sulfonamides is 1. The lowest BCUT2D eigenvalue weighted by Gasteiger charge is -2.43. The number of anilines is 1. The van der Waals surface area contributed by atoms with Crippen molar-refractivity contribution in [2.45, 2.75) is 68.4 Å². The molecule has 3 aliphatic rings. The summed E-state index contributed by atoms with van der Waals surface area (Å²) in [6, 6.07) is 4.98. The van der Waals surface area contributed by atoms with E-state index in [1.54, 1.807) is 16.4 Å². The number of nitrogens with zero attached hydrogens (tertiary/aromatic N) is 2. The van der Waals surface area contributed by atoms with E-state index < -0.39 is 10.0 Å². The number of ether oxygens (including phenoxy) is 2. The Hall–Kier alpha value is -1.68. The first-order valence-corrected chi connectivity index (χ1v) is 13.3. The second-order valence-corrected chi connectivity index (χ2v) is 10.9. The van der Waals surface area contributed by atoms with Gasteiger partial charge in [-0.05, 0) is 43.9 Å². The predicted octanol–water partition coefficient (Wildman–Crippen LogP) is 2.84. The molecule has 1 amide bonds. The summed E-state index contributed by atoms with van der Waals surface area (Å²) >= 11 is 0. The molecule has 4 rings (SSSR count). The zero-order chi connectivity index (χ0) is 22.6. The maximum absolute atomic E-state index is 13.2. The van der Waals surface area contributed by atoms with Crippen molar-refractivity contribution in [2.24, 2.45) is 0 Å². The van der Waals surface area contributed by atoms with Crippen molar-refractivity contribution in [3.8, 4) is 5.75 Å². The summed E-state index contributed by atoms with van der Waals surface area (Å²) in [6.45, 7) is 2.71. The molecule has 0 aromatic heterocycles. The SMILES string of the molecule is COc1ccc(S(=O)(=O)N2CCCCCC2)cc1NC(=O)CN1CCOC2CCCCC21. The van der Waals surface area contributed by atoms with Gasteiger partial charge in [0.25, 0.3) is 0 Å². The molecule has 32 heavy (non-hydrogen) atoms. The number of carbonyl (C=O) groups excluding carboxylic acids is 1. The molecule has 3 fully saturated rings. The first kappa shape index (κ1) is 23.5. The lowest BCUT2D eigenvalue weighted by molar-refractivity contribution is -0.124. The van der Waals surface area contributed by atoms with E-state index in [2.05, 4.69) is 10.2 Å². The molecule has 2 heterocycles. The largest absolute Gasteiger partial charge is 0.495 e. The van der Waals surface area contributed by atoms with E-state index in [1.807, 2.05) is 0 Å². The van der Waals surface area contributed by atoms with Gasteiger partial charge in [-0.25, -0.2) is 8.42 Å². The summed E-state index contributed by atoms with van der Waals surface area (Å²) in [7, 11) is -2.10. The fraction of sp³-hybridized carbons (Fsp3) is 0.696. The number of nitrogens with one attached hydrogen (secondary N) is 1. The van der Waals surface area contributed by atoms with Crippen molar-refractivity contribution in [1.29, 1.82) is 0 Å². The molecule has 1 saturated carbocycles. The van der Waals surface area contributed by atoms with E-state index in [1.165, 1.54) is 19.6 Å². The van der Waals surface area contributed by atoms with E-state index in [-0.39, 0.29) is 29.5 Å². The van der Waals surface area contributed by atoms with Crippen LogP contribution in [0.25, 0.3) is 0 Å². The summed E-state index contributed by atoms with van der Waals surface area (Å²) in [6.07, 6.45) is 8.50. The molecule has 0 bridgehead atoms. The van der Waals surface area contributed by atoms with Gasteiger partial charge in [0.2, 0.25) is 15.9 Å². The van der Waals surface area contributed by atoms with Crippen molar-refractivity contribution in [1.82, 2.24) is 9.21 Å². The van der Waals surface area contributed by atoms with E-state index in [0.29, 0.717) is 31.1 Å². The summed E-state index contributed by atoms with van der Waals surface area (Å²) in [4.78, 5) is 15.3. The third kappa shape index (κ3) is 5.27. The van der Waals surface area contributed by atoms with Gasteiger partial charge in [-0.2, -0.15) is 4.31 Å². The van der Waals surface area contributed by atoms with Crippen LogP contribution in [0.5, 0.6) is 5.75 Å². The van der Waals surface area contributed by atoms with Crippen LogP contribution in [0.1, 0.15) is 51.4 Å². The topological polar surface area (TPSA) is 88.2 Å². The third-order valence-electron chi connectivity index (χ3n) is 6.84. The Morgan fingerprint density at radius 1 is 1.09 bits per heavy atom. The quantitative estimate of drug-likeness (QED) is 0.695. The summed E-state index contributed by atoms with van der Waals surface area (Å²) in [5.41, 5.74) is 0.391. The molecule has 1 aromatic rings. The molecule has 8 nitrogen and oxygen atoms in total. The minimum absolute atomic E-state index is 0.168. The summed E-state index contributed by atoms with van der Waals surface area (Å²) in [5.74, 6) is 0.282. The first-order valence-electron chi connectivity index (χ1n) is 11.8. The van der Waals surface area contributed by atoms with Gasteiger partial charge < -0.3 is 14.8 Å². The van der Waals surface area contributed by atoms with Crippen molar-refractivity contribution >= 4 is 21.6 Å². The fourth-order valence-electron chi connectivity index (χ4n) is 5.12. The molecule has 178 valence electrons. The second kappa shape index (κ2) is 10.5.